The van der Waals surface area contributed by atoms with Crippen LogP contribution >= 0.6 is 0 Å². The van der Waals surface area contributed by atoms with Gasteiger partial charge in [0.2, 0.25) is 5.91 Å². The normalized spacial score (nSPS) is 11.9. The first-order chi connectivity index (χ1) is 13.2. The summed E-state index contributed by atoms with van der Waals surface area (Å²) in [5.41, 5.74) is 4.77. The zero-order valence-electron chi connectivity index (χ0n) is 17.4. The van der Waals surface area contributed by atoms with E-state index in [4.69, 9.17) is 0 Å². The predicted octanol–water partition coefficient (Wildman–Crippen LogP) is 6.89. The number of hydrogen-bond acceptors (Lipinski definition) is 2. The number of carbonyl (C=O) groups is 1. The monoisotopic (exact) mass is 370 g/mol. The molecule has 27 heavy (non-hydrogen) atoms. The Morgan fingerprint density at radius 2 is 1.44 bits per heavy atom. The van der Waals surface area contributed by atoms with Crippen LogP contribution in [0, 0.1) is 0 Å². The molecule has 0 bridgehead atoms. The van der Waals surface area contributed by atoms with Crippen molar-refractivity contribution in [3.05, 3.63) is 41.5 Å². The molecule has 1 aromatic rings. The summed E-state index contributed by atoms with van der Waals surface area (Å²) in [7, 11) is 0. The second-order valence-electron chi connectivity index (χ2n) is 7.38. The number of amides is 1. The molecule has 0 unspecified atom stereocenters. The van der Waals surface area contributed by atoms with E-state index in [1.54, 1.807) is 6.21 Å². The lowest BCUT2D eigenvalue weighted by Gasteiger charge is -2.02. The summed E-state index contributed by atoms with van der Waals surface area (Å²) in [6.45, 7) is 4.24. The molecule has 0 spiro atoms. The van der Waals surface area contributed by atoms with Gasteiger partial charge in [0, 0.05) is 6.42 Å². The van der Waals surface area contributed by atoms with E-state index < -0.39 is 0 Å². The van der Waals surface area contributed by atoms with E-state index in [0.717, 1.165) is 24.0 Å². The molecule has 0 aliphatic carbocycles. The van der Waals surface area contributed by atoms with Crippen LogP contribution in [0.15, 0.2) is 41.0 Å². The highest BCUT2D eigenvalue weighted by molar-refractivity contribution is 5.86. The molecule has 0 aliphatic rings. The molecule has 1 amide bonds. The van der Waals surface area contributed by atoms with Crippen LogP contribution in [0.5, 0.6) is 0 Å². The average Bonchev–Trinajstić information content (AvgIpc) is 2.67. The fourth-order valence-electron chi connectivity index (χ4n) is 3.06. The van der Waals surface area contributed by atoms with Gasteiger partial charge in [-0.25, -0.2) is 5.43 Å². The maximum Gasteiger partial charge on any atom is 0.240 e. The van der Waals surface area contributed by atoms with Crippen molar-refractivity contribution in [3.63, 3.8) is 0 Å². The van der Waals surface area contributed by atoms with E-state index in [-0.39, 0.29) is 5.91 Å². The van der Waals surface area contributed by atoms with Gasteiger partial charge in [0.25, 0.3) is 0 Å². The quantitative estimate of drug-likeness (QED) is 0.204. The standard InChI is InChI=1S/C24H38N2O/c1-3-4-5-6-7-8-9-10-11-12-16-19-24(27)26-25-21-22(2)20-23-17-14-13-15-18-23/h13-15,17-18,20-21H,3-12,16,19H2,1-2H3,(H,26,27). The van der Waals surface area contributed by atoms with Crippen LogP contribution in [-0.2, 0) is 4.79 Å². The summed E-state index contributed by atoms with van der Waals surface area (Å²) in [5, 5.41) is 4.04. The zero-order chi connectivity index (χ0) is 19.6. The van der Waals surface area contributed by atoms with Crippen LogP contribution in [-0.4, -0.2) is 12.1 Å². The van der Waals surface area contributed by atoms with Crippen LogP contribution in [0.2, 0.25) is 0 Å². The van der Waals surface area contributed by atoms with Crippen LogP contribution in [0.4, 0.5) is 0 Å². The molecular formula is C24H38N2O. The number of nitrogens with one attached hydrogen (secondary N) is 1. The first kappa shape index (κ1) is 23.1. The van der Waals surface area contributed by atoms with Crippen molar-refractivity contribution in [1.29, 1.82) is 0 Å². The van der Waals surface area contributed by atoms with Gasteiger partial charge in [0.05, 0.1) is 6.21 Å². The number of hydrogen-bond donors (Lipinski definition) is 1. The maximum absolute atomic E-state index is 11.8. The highest BCUT2D eigenvalue weighted by Crippen LogP contribution is 2.11. The summed E-state index contributed by atoms with van der Waals surface area (Å²) >= 11 is 0. The van der Waals surface area contributed by atoms with Gasteiger partial charge in [-0.15, -0.1) is 0 Å². The van der Waals surface area contributed by atoms with Crippen LogP contribution in [0.3, 0.4) is 0 Å². The fraction of sp³-hybridized carbons (Fsp3) is 0.583. The third-order valence-corrected chi connectivity index (χ3v) is 4.66. The Morgan fingerprint density at radius 3 is 2.04 bits per heavy atom. The average molecular weight is 371 g/mol. The summed E-state index contributed by atoms with van der Waals surface area (Å²) < 4.78 is 0. The summed E-state index contributed by atoms with van der Waals surface area (Å²) in [6, 6.07) is 10.1. The number of rotatable bonds is 15. The third kappa shape index (κ3) is 13.9. The highest BCUT2D eigenvalue weighted by Gasteiger charge is 1.99. The molecule has 150 valence electrons. The molecule has 0 fully saturated rings. The van der Waals surface area contributed by atoms with E-state index >= 15 is 0 Å². The minimum Gasteiger partial charge on any atom is -0.273 e. The Hall–Kier alpha value is -1.90. The molecule has 0 saturated heterocycles. The Kier molecular flexibility index (Phi) is 14.0. The third-order valence-electron chi connectivity index (χ3n) is 4.66. The highest BCUT2D eigenvalue weighted by atomic mass is 16.2. The molecule has 3 heteroatoms. The largest absolute Gasteiger partial charge is 0.273 e. The van der Waals surface area contributed by atoms with Gasteiger partial charge < -0.3 is 0 Å². The smallest absolute Gasteiger partial charge is 0.240 e. The topological polar surface area (TPSA) is 41.5 Å². The lowest BCUT2D eigenvalue weighted by Crippen LogP contribution is -2.16. The van der Waals surface area contributed by atoms with Crippen molar-refractivity contribution >= 4 is 18.2 Å². The number of nitrogens with zero attached hydrogens (tertiary/aromatic N) is 1. The first-order valence-corrected chi connectivity index (χ1v) is 10.8. The molecule has 1 rings (SSSR count). The molecule has 0 heterocycles. The minimum atomic E-state index is 0.00897. The molecule has 3 nitrogen and oxygen atoms in total. The Bertz CT molecular complexity index is 549. The van der Waals surface area contributed by atoms with Gasteiger partial charge in [0.15, 0.2) is 0 Å². The molecule has 0 radical (unpaired) electrons. The number of benzene rings is 1. The molecule has 0 saturated carbocycles. The summed E-state index contributed by atoms with van der Waals surface area (Å²) in [6.07, 6.45) is 18.5. The Balaban J connectivity index is 1.99. The molecule has 0 atom stereocenters. The lowest BCUT2D eigenvalue weighted by molar-refractivity contribution is -0.121. The van der Waals surface area contributed by atoms with Gasteiger partial charge in [-0.1, -0.05) is 108 Å². The van der Waals surface area contributed by atoms with Gasteiger partial charge in [-0.2, -0.15) is 5.10 Å². The van der Waals surface area contributed by atoms with Gasteiger partial charge in [-0.05, 0) is 24.5 Å². The first-order valence-electron chi connectivity index (χ1n) is 10.8. The number of hydrazone groups is 1. The van der Waals surface area contributed by atoms with E-state index in [1.165, 1.54) is 57.8 Å². The predicted molar refractivity (Wildman–Crippen MR) is 118 cm³/mol. The van der Waals surface area contributed by atoms with Crippen molar-refractivity contribution in [2.24, 2.45) is 5.10 Å². The van der Waals surface area contributed by atoms with Crippen LogP contribution in [0.25, 0.3) is 6.08 Å². The van der Waals surface area contributed by atoms with Crippen molar-refractivity contribution in [2.75, 3.05) is 0 Å². The van der Waals surface area contributed by atoms with Gasteiger partial charge in [-0.3, -0.25) is 4.79 Å². The van der Waals surface area contributed by atoms with E-state index in [1.807, 2.05) is 43.3 Å². The number of allylic oxidation sites excluding steroid dienone is 1. The Labute approximate surface area is 166 Å². The lowest BCUT2D eigenvalue weighted by atomic mass is 10.1. The van der Waals surface area contributed by atoms with Crippen molar-refractivity contribution in [2.45, 2.75) is 90.9 Å². The number of carbonyl (C=O) groups excluding carboxylic acids is 1. The van der Waals surface area contributed by atoms with Crippen molar-refractivity contribution < 1.29 is 4.79 Å². The number of unbranched alkanes of at least 4 members (excludes halogenated alkanes) is 10. The molecule has 0 aromatic heterocycles. The van der Waals surface area contributed by atoms with E-state index in [9.17, 15) is 4.79 Å². The zero-order valence-corrected chi connectivity index (χ0v) is 17.4. The van der Waals surface area contributed by atoms with E-state index in [0.29, 0.717) is 6.42 Å². The maximum atomic E-state index is 11.8. The minimum absolute atomic E-state index is 0.00897. The van der Waals surface area contributed by atoms with E-state index in [2.05, 4.69) is 17.5 Å². The summed E-state index contributed by atoms with van der Waals surface area (Å²) in [4.78, 5) is 11.8. The van der Waals surface area contributed by atoms with Crippen LogP contribution in [0.1, 0.15) is 96.5 Å². The van der Waals surface area contributed by atoms with Crippen molar-refractivity contribution in [3.8, 4) is 0 Å². The Morgan fingerprint density at radius 1 is 0.889 bits per heavy atom. The van der Waals surface area contributed by atoms with Gasteiger partial charge >= 0.3 is 0 Å². The summed E-state index contributed by atoms with van der Waals surface area (Å²) in [5.74, 6) is 0.00897. The van der Waals surface area contributed by atoms with Crippen molar-refractivity contribution in [1.82, 2.24) is 5.43 Å². The molecular weight excluding hydrogens is 332 g/mol. The SMILES string of the molecule is CCCCCCCCCCCCCC(=O)NN=CC(C)=Cc1ccccc1. The second-order valence-corrected chi connectivity index (χ2v) is 7.38. The second kappa shape index (κ2) is 16.3. The van der Waals surface area contributed by atoms with Gasteiger partial charge in [0.1, 0.15) is 0 Å². The molecule has 1 N–H and O–H groups in total. The molecule has 1 aromatic carbocycles. The molecule has 0 aliphatic heterocycles. The van der Waals surface area contributed by atoms with Crippen LogP contribution < -0.4 is 5.43 Å². The fourth-order valence-corrected chi connectivity index (χ4v) is 3.06.